The number of benzene rings is 1. The van der Waals surface area contributed by atoms with Crippen LogP contribution in [0.5, 0.6) is 0 Å². The first kappa shape index (κ1) is 19.0. The van der Waals surface area contributed by atoms with Crippen molar-refractivity contribution < 1.29 is 9.53 Å². The van der Waals surface area contributed by atoms with Crippen molar-refractivity contribution in [3.8, 4) is 5.69 Å². The summed E-state index contributed by atoms with van der Waals surface area (Å²) in [5.41, 5.74) is 2.23. The van der Waals surface area contributed by atoms with Crippen LogP contribution in [0.15, 0.2) is 61.1 Å². The van der Waals surface area contributed by atoms with Crippen molar-refractivity contribution in [2.75, 3.05) is 16.8 Å². The third-order valence-electron chi connectivity index (χ3n) is 5.20. The van der Waals surface area contributed by atoms with Gasteiger partial charge in [-0.05, 0) is 48.7 Å². The Bertz CT molecular complexity index is 969. The maximum absolute atomic E-state index is 12.2. The summed E-state index contributed by atoms with van der Waals surface area (Å²) < 4.78 is 7.29. The van der Waals surface area contributed by atoms with E-state index in [0.717, 1.165) is 11.3 Å². The van der Waals surface area contributed by atoms with Crippen LogP contribution in [0.2, 0.25) is 0 Å². The lowest BCUT2D eigenvalue weighted by Crippen LogP contribution is -2.37. The van der Waals surface area contributed by atoms with E-state index in [1.807, 2.05) is 24.5 Å². The Balaban J connectivity index is 1.50. The van der Waals surface area contributed by atoms with E-state index in [1.54, 1.807) is 17.2 Å². The minimum atomic E-state index is -0.359. The minimum absolute atomic E-state index is 0.00962. The normalized spacial score (nSPS) is 17.4. The van der Waals surface area contributed by atoms with Crippen molar-refractivity contribution in [1.29, 1.82) is 0 Å². The van der Waals surface area contributed by atoms with Crippen LogP contribution in [-0.4, -0.2) is 33.3 Å². The number of amides is 1. The molecule has 0 bridgehead atoms. The number of carbonyl (C=O) groups is 1. The molecule has 1 aliphatic heterocycles. The van der Waals surface area contributed by atoms with Gasteiger partial charge in [0, 0.05) is 24.3 Å². The van der Waals surface area contributed by atoms with Gasteiger partial charge in [-0.1, -0.05) is 26.0 Å². The standard InChI is InChI=1S/C22H25N5O2/c1-15(2)19-14-29-22(28)27(19)20-10-11-23-21(25-20)24-16(3)17-6-8-18(9-7-17)26-12-4-5-13-26/h4-13,15-16,19H,14H2,1-3H3,(H,23,24,25)/t16-,19?/m1/s1. The number of anilines is 2. The molecular formula is C22H25N5O2. The topological polar surface area (TPSA) is 72.3 Å². The molecule has 1 fully saturated rings. The molecule has 0 saturated carbocycles. The molecule has 0 aliphatic carbocycles. The number of carbonyl (C=O) groups excluding carboxylic acids is 1. The Morgan fingerprint density at radius 2 is 1.83 bits per heavy atom. The quantitative estimate of drug-likeness (QED) is 0.673. The summed E-state index contributed by atoms with van der Waals surface area (Å²) in [7, 11) is 0. The highest BCUT2D eigenvalue weighted by Gasteiger charge is 2.37. The SMILES string of the molecule is CC(C)C1COC(=O)N1c1ccnc(N[C@H](C)c2ccc(-n3cccc3)cc2)n1. The van der Waals surface area contributed by atoms with Crippen LogP contribution < -0.4 is 10.2 Å². The lowest BCUT2D eigenvalue weighted by atomic mass is 10.0. The molecule has 1 amide bonds. The van der Waals surface area contributed by atoms with Gasteiger partial charge in [-0.2, -0.15) is 4.98 Å². The summed E-state index contributed by atoms with van der Waals surface area (Å²) in [6.45, 7) is 6.58. The monoisotopic (exact) mass is 391 g/mol. The van der Waals surface area contributed by atoms with Crippen molar-refractivity contribution in [3.05, 3.63) is 66.6 Å². The van der Waals surface area contributed by atoms with Gasteiger partial charge in [-0.3, -0.25) is 4.90 Å². The Kier molecular flexibility index (Phi) is 5.20. The highest BCUT2D eigenvalue weighted by atomic mass is 16.6. The van der Waals surface area contributed by atoms with Gasteiger partial charge in [0.1, 0.15) is 12.4 Å². The van der Waals surface area contributed by atoms with Gasteiger partial charge in [0.25, 0.3) is 0 Å². The van der Waals surface area contributed by atoms with Crippen LogP contribution in [0, 0.1) is 5.92 Å². The van der Waals surface area contributed by atoms with Gasteiger partial charge in [0.05, 0.1) is 12.1 Å². The molecule has 2 atom stereocenters. The average Bonchev–Trinajstić information content (AvgIpc) is 3.38. The molecule has 3 aromatic rings. The summed E-state index contributed by atoms with van der Waals surface area (Å²) >= 11 is 0. The predicted molar refractivity (Wildman–Crippen MR) is 112 cm³/mol. The first-order valence-electron chi connectivity index (χ1n) is 9.82. The smallest absolute Gasteiger partial charge is 0.415 e. The molecule has 3 heterocycles. The van der Waals surface area contributed by atoms with Crippen molar-refractivity contribution in [2.24, 2.45) is 5.92 Å². The lowest BCUT2D eigenvalue weighted by molar-refractivity contribution is 0.177. The lowest BCUT2D eigenvalue weighted by Gasteiger charge is -2.23. The molecule has 2 aromatic heterocycles. The molecule has 1 saturated heterocycles. The fraction of sp³-hybridized carbons (Fsp3) is 0.318. The molecular weight excluding hydrogens is 366 g/mol. The zero-order valence-corrected chi connectivity index (χ0v) is 16.8. The van der Waals surface area contributed by atoms with E-state index in [9.17, 15) is 4.79 Å². The fourth-order valence-electron chi connectivity index (χ4n) is 3.46. The van der Waals surface area contributed by atoms with Crippen LogP contribution in [0.1, 0.15) is 32.4 Å². The van der Waals surface area contributed by atoms with Crippen LogP contribution >= 0.6 is 0 Å². The number of cyclic esters (lactones) is 1. The van der Waals surface area contributed by atoms with E-state index in [1.165, 1.54) is 0 Å². The van der Waals surface area contributed by atoms with Gasteiger partial charge in [0.2, 0.25) is 5.95 Å². The first-order chi connectivity index (χ1) is 14.0. The maximum atomic E-state index is 12.2. The Morgan fingerprint density at radius 3 is 2.52 bits per heavy atom. The Morgan fingerprint density at radius 1 is 1.10 bits per heavy atom. The second kappa shape index (κ2) is 7.95. The van der Waals surface area contributed by atoms with Gasteiger partial charge in [-0.25, -0.2) is 9.78 Å². The summed E-state index contributed by atoms with van der Waals surface area (Å²) in [6.07, 6.45) is 5.34. The van der Waals surface area contributed by atoms with Gasteiger partial charge in [-0.15, -0.1) is 0 Å². The summed E-state index contributed by atoms with van der Waals surface area (Å²) in [5, 5.41) is 3.33. The van der Waals surface area contributed by atoms with Crippen molar-refractivity contribution >= 4 is 17.9 Å². The molecule has 1 aliphatic rings. The molecule has 7 nitrogen and oxygen atoms in total. The van der Waals surface area contributed by atoms with E-state index in [2.05, 4.69) is 64.9 Å². The van der Waals surface area contributed by atoms with E-state index >= 15 is 0 Å². The number of hydrogen-bond donors (Lipinski definition) is 1. The Hall–Kier alpha value is -3.35. The van der Waals surface area contributed by atoms with Gasteiger partial charge >= 0.3 is 6.09 Å². The number of ether oxygens (including phenoxy) is 1. The van der Waals surface area contributed by atoms with E-state index in [-0.39, 0.29) is 24.1 Å². The van der Waals surface area contributed by atoms with Crippen molar-refractivity contribution in [1.82, 2.24) is 14.5 Å². The average molecular weight is 391 g/mol. The summed E-state index contributed by atoms with van der Waals surface area (Å²) in [5.74, 6) is 1.30. The largest absolute Gasteiger partial charge is 0.447 e. The predicted octanol–water partition coefficient (Wildman–Crippen LogP) is 4.42. The second-order valence-electron chi connectivity index (χ2n) is 7.54. The second-order valence-corrected chi connectivity index (χ2v) is 7.54. The first-order valence-corrected chi connectivity index (χ1v) is 9.82. The minimum Gasteiger partial charge on any atom is -0.447 e. The molecule has 29 heavy (non-hydrogen) atoms. The molecule has 1 unspecified atom stereocenters. The third kappa shape index (κ3) is 3.94. The molecule has 4 rings (SSSR count). The number of nitrogens with zero attached hydrogens (tertiary/aromatic N) is 4. The van der Waals surface area contributed by atoms with Gasteiger partial charge < -0.3 is 14.6 Å². The number of nitrogens with one attached hydrogen (secondary N) is 1. The fourth-order valence-corrected chi connectivity index (χ4v) is 3.46. The third-order valence-corrected chi connectivity index (χ3v) is 5.20. The van der Waals surface area contributed by atoms with E-state index < -0.39 is 0 Å². The highest BCUT2D eigenvalue weighted by Crippen LogP contribution is 2.26. The number of hydrogen-bond acceptors (Lipinski definition) is 5. The molecule has 1 aromatic carbocycles. The molecule has 0 spiro atoms. The zero-order chi connectivity index (χ0) is 20.4. The summed E-state index contributed by atoms with van der Waals surface area (Å²) in [4.78, 5) is 22.7. The van der Waals surface area contributed by atoms with Crippen LogP contribution in [0.4, 0.5) is 16.6 Å². The van der Waals surface area contributed by atoms with Crippen LogP contribution in [0.3, 0.4) is 0 Å². The van der Waals surface area contributed by atoms with Crippen molar-refractivity contribution in [2.45, 2.75) is 32.9 Å². The van der Waals surface area contributed by atoms with Crippen LogP contribution in [-0.2, 0) is 4.74 Å². The van der Waals surface area contributed by atoms with E-state index in [4.69, 9.17) is 4.74 Å². The maximum Gasteiger partial charge on any atom is 0.415 e. The van der Waals surface area contributed by atoms with Crippen molar-refractivity contribution in [3.63, 3.8) is 0 Å². The van der Waals surface area contributed by atoms with Gasteiger partial charge in [0.15, 0.2) is 0 Å². The Labute approximate surface area is 170 Å². The number of rotatable bonds is 6. The molecule has 150 valence electrons. The number of aromatic nitrogens is 3. The van der Waals surface area contributed by atoms with E-state index in [0.29, 0.717) is 18.4 Å². The van der Waals surface area contributed by atoms with Crippen LogP contribution in [0.25, 0.3) is 5.69 Å². The highest BCUT2D eigenvalue weighted by molar-refractivity contribution is 5.89. The molecule has 1 N–H and O–H groups in total. The molecule has 0 radical (unpaired) electrons. The molecule has 7 heteroatoms. The zero-order valence-electron chi connectivity index (χ0n) is 16.8. The summed E-state index contributed by atoms with van der Waals surface area (Å²) in [6, 6.07) is 14.1.